The van der Waals surface area contributed by atoms with E-state index in [1.165, 1.54) is 44.9 Å². The first kappa shape index (κ1) is 21.4. The van der Waals surface area contributed by atoms with E-state index in [0.29, 0.717) is 35.2 Å². The molecule has 0 heterocycles. The van der Waals surface area contributed by atoms with Gasteiger partial charge in [-0.3, -0.25) is 0 Å². The Morgan fingerprint density at radius 3 is 2.72 bits per heavy atom. The van der Waals surface area contributed by atoms with Gasteiger partial charge in [0.15, 0.2) is 0 Å². The van der Waals surface area contributed by atoms with Crippen LogP contribution in [0.2, 0.25) is 0 Å². The summed E-state index contributed by atoms with van der Waals surface area (Å²) in [5, 5.41) is 20.2. The lowest BCUT2D eigenvalue weighted by Gasteiger charge is -2.44. The largest absolute Gasteiger partial charge is 0.396 e. The van der Waals surface area contributed by atoms with E-state index in [4.69, 9.17) is 0 Å². The molecule has 0 aliphatic heterocycles. The van der Waals surface area contributed by atoms with Crippen LogP contribution in [0, 0.1) is 40.4 Å². The molecule has 4 aliphatic carbocycles. The van der Waals surface area contributed by atoms with Gasteiger partial charge in [-0.1, -0.05) is 49.8 Å². The van der Waals surface area contributed by atoms with Gasteiger partial charge in [-0.15, -0.1) is 0 Å². The molecule has 162 valence electrons. The number of hydrogen-bond donors (Lipinski definition) is 2. The van der Waals surface area contributed by atoms with Gasteiger partial charge >= 0.3 is 0 Å². The van der Waals surface area contributed by atoms with Crippen molar-refractivity contribution in [1.82, 2.24) is 0 Å². The summed E-state index contributed by atoms with van der Waals surface area (Å²) in [6.07, 6.45) is 21.6. The molecule has 0 amide bonds. The van der Waals surface area contributed by atoms with Crippen LogP contribution in [-0.4, -0.2) is 22.4 Å². The summed E-state index contributed by atoms with van der Waals surface area (Å²) >= 11 is 0. The van der Waals surface area contributed by atoms with E-state index in [1.807, 2.05) is 13.8 Å². The molecule has 0 aromatic carbocycles. The van der Waals surface area contributed by atoms with Crippen molar-refractivity contribution in [2.75, 3.05) is 6.61 Å². The zero-order chi connectivity index (χ0) is 20.9. The third-order valence-corrected chi connectivity index (χ3v) is 9.08. The zero-order valence-electron chi connectivity index (χ0n) is 19.0. The average Bonchev–Trinajstić information content (AvgIpc) is 3.02. The first-order valence-corrected chi connectivity index (χ1v) is 12.1. The van der Waals surface area contributed by atoms with E-state index in [9.17, 15) is 10.2 Å². The minimum atomic E-state index is -0.618. The van der Waals surface area contributed by atoms with E-state index < -0.39 is 5.60 Å². The number of aliphatic hydroxyl groups is 2. The van der Waals surface area contributed by atoms with Gasteiger partial charge in [0.1, 0.15) is 0 Å². The standard InChI is InChI=1S/C27H42O2/c1-19(8-5-13-25(2,3)29)23-11-12-24-20(9-6-14-26(23,24)4)16-22(18-28)27-15-7-10-21(27)17-27/h5,7-8,15-16,19,21-24,28-29H,6,9-14,17-18H2,1-4H3/b8-5+,20-16+/t19-,21-,22+,23-,24+,26-,27-/m1/s1. The van der Waals surface area contributed by atoms with Gasteiger partial charge in [0.05, 0.1) is 12.2 Å². The number of fused-ring (bicyclic) bond motifs is 2. The predicted octanol–water partition coefficient (Wildman–Crippen LogP) is 6.06. The van der Waals surface area contributed by atoms with Crippen LogP contribution >= 0.6 is 0 Å². The molecule has 0 radical (unpaired) electrons. The molecule has 7 atom stereocenters. The maximum Gasteiger partial charge on any atom is 0.0626 e. The highest BCUT2D eigenvalue weighted by atomic mass is 16.3. The van der Waals surface area contributed by atoms with Crippen LogP contribution in [0.3, 0.4) is 0 Å². The molecule has 0 aromatic rings. The highest BCUT2D eigenvalue weighted by molar-refractivity contribution is 5.30. The fourth-order valence-corrected chi connectivity index (χ4v) is 7.39. The summed E-state index contributed by atoms with van der Waals surface area (Å²) in [5.74, 6) is 3.10. The van der Waals surface area contributed by atoms with Gasteiger partial charge in [0.2, 0.25) is 0 Å². The molecule has 3 fully saturated rings. The van der Waals surface area contributed by atoms with Crippen LogP contribution in [-0.2, 0) is 0 Å². The molecule has 0 unspecified atom stereocenters. The van der Waals surface area contributed by atoms with Crippen LogP contribution in [0.5, 0.6) is 0 Å². The lowest BCUT2D eigenvalue weighted by molar-refractivity contribution is 0.0832. The first-order valence-electron chi connectivity index (χ1n) is 12.1. The minimum Gasteiger partial charge on any atom is -0.396 e. The molecule has 3 saturated carbocycles. The van der Waals surface area contributed by atoms with Crippen LogP contribution < -0.4 is 0 Å². The molecule has 2 N–H and O–H groups in total. The first-order chi connectivity index (χ1) is 13.7. The number of aliphatic hydroxyl groups excluding tert-OH is 1. The van der Waals surface area contributed by atoms with Crippen molar-refractivity contribution >= 4 is 0 Å². The quantitative estimate of drug-likeness (QED) is 0.512. The molecule has 0 bridgehead atoms. The summed E-state index contributed by atoms with van der Waals surface area (Å²) in [7, 11) is 0. The van der Waals surface area contributed by atoms with Crippen LogP contribution in [0.15, 0.2) is 36.0 Å². The Labute approximate surface area is 178 Å². The fourth-order valence-electron chi connectivity index (χ4n) is 7.39. The third kappa shape index (κ3) is 3.92. The van der Waals surface area contributed by atoms with E-state index in [2.05, 4.69) is 44.2 Å². The number of hydrogen-bond acceptors (Lipinski definition) is 2. The molecular weight excluding hydrogens is 356 g/mol. The van der Waals surface area contributed by atoms with Gasteiger partial charge in [-0.05, 0) is 94.3 Å². The van der Waals surface area contributed by atoms with Crippen molar-refractivity contribution in [3.05, 3.63) is 36.0 Å². The van der Waals surface area contributed by atoms with E-state index in [-0.39, 0.29) is 0 Å². The molecule has 0 saturated heterocycles. The molecule has 29 heavy (non-hydrogen) atoms. The second kappa shape index (κ2) is 7.68. The lowest BCUT2D eigenvalue weighted by atomic mass is 9.60. The zero-order valence-corrected chi connectivity index (χ0v) is 19.0. The molecule has 4 aliphatic rings. The van der Waals surface area contributed by atoms with Gasteiger partial charge in [-0.25, -0.2) is 0 Å². The lowest BCUT2D eigenvalue weighted by Crippen LogP contribution is -2.36. The van der Waals surface area contributed by atoms with E-state index in [0.717, 1.165) is 18.3 Å². The summed E-state index contributed by atoms with van der Waals surface area (Å²) in [6, 6.07) is 0. The second-order valence-electron chi connectivity index (χ2n) is 11.6. The van der Waals surface area contributed by atoms with Gasteiger partial charge in [0.25, 0.3) is 0 Å². The highest BCUT2D eigenvalue weighted by Crippen LogP contribution is 2.65. The van der Waals surface area contributed by atoms with Gasteiger partial charge < -0.3 is 10.2 Å². The molecule has 2 nitrogen and oxygen atoms in total. The van der Waals surface area contributed by atoms with Crippen molar-refractivity contribution in [2.24, 2.45) is 40.4 Å². The minimum absolute atomic E-state index is 0.292. The summed E-state index contributed by atoms with van der Waals surface area (Å²) in [4.78, 5) is 0. The van der Waals surface area contributed by atoms with Crippen LogP contribution in [0.4, 0.5) is 0 Å². The fraction of sp³-hybridized carbons (Fsp3) is 0.778. The summed E-state index contributed by atoms with van der Waals surface area (Å²) in [5.41, 5.74) is 1.72. The van der Waals surface area contributed by atoms with Gasteiger partial charge in [0, 0.05) is 11.3 Å². The highest BCUT2D eigenvalue weighted by Gasteiger charge is 2.58. The molecule has 4 rings (SSSR count). The van der Waals surface area contributed by atoms with Crippen molar-refractivity contribution in [2.45, 2.75) is 84.7 Å². The van der Waals surface area contributed by atoms with Crippen molar-refractivity contribution < 1.29 is 10.2 Å². The van der Waals surface area contributed by atoms with E-state index >= 15 is 0 Å². The normalized spacial score (nSPS) is 42.3. The Bertz CT molecular complexity index is 696. The Balaban J connectivity index is 1.50. The smallest absolute Gasteiger partial charge is 0.0626 e. The number of rotatable bonds is 7. The Morgan fingerprint density at radius 2 is 2.10 bits per heavy atom. The average molecular weight is 399 g/mol. The Kier molecular flexibility index (Phi) is 5.66. The Morgan fingerprint density at radius 1 is 1.31 bits per heavy atom. The predicted molar refractivity (Wildman–Crippen MR) is 120 cm³/mol. The second-order valence-corrected chi connectivity index (χ2v) is 11.6. The topological polar surface area (TPSA) is 40.5 Å². The van der Waals surface area contributed by atoms with Crippen LogP contribution in [0.25, 0.3) is 0 Å². The maximum atomic E-state index is 10.2. The van der Waals surface area contributed by atoms with Crippen molar-refractivity contribution in [1.29, 1.82) is 0 Å². The molecule has 2 heteroatoms. The number of allylic oxidation sites excluding steroid dienone is 4. The van der Waals surface area contributed by atoms with Crippen molar-refractivity contribution in [3.8, 4) is 0 Å². The molecule has 0 spiro atoms. The van der Waals surface area contributed by atoms with Crippen molar-refractivity contribution in [3.63, 3.8) is 0 Å². The van der Waals surface area contributed by atoms with Crippen LogP contribution in [0.1, 0.15) is 79.1 Å². The SMILES string of the molecule is C[C@H](/C=C/CC(C)(C)O)[C@H]1CC[C@H]2/C(=C/[C@@H](CO)[C@@]34C=CC[C@@H]3C4)CCC[C@]12C. The molecular formula is C27H42O2. The maximum absolute atomic E-state index is 10.2. The summed E-state index contributed by atoms with van der Waals surface area (Å²) in [6.45, 7) is 8.99. The molecule has 0 aromatic heterocycles. The monoisotopic (exact) mass is 398 g/mol. The van der Waals surface area contributed by atoms with Gasteiger partial charge in [-0.2, -0.15) is 0 Å². The third-order valence-electron chi connectivity index (χ3n) is 9.08. The summed E-state index contributed by atoms with van der Waals surface area (Å²) < 4.78 is 0. The van der Waals surface area contributed by atoms with E-state index in [1.54, 1.807) is 5.57 Å². The Hall–Kier alpha value is -0.860.